The maximum atomic E-state index is 11.6. The van der Waals surface area contributed by atoms with Gasteiger partial charge in [0.2, 0.25) is 10.0 Å². The van der Waals surface area contributed by atoms with Crippen LogP contribution in [0.15, 0.2) is 21.1 Å². The summed E-state index contributed by atoms with van der Waals surface area (Å²) in [6, 6.07) is 3.04. The van der Waals surface area contributed by atoms with Gasteiger partial charge < -0.3 is 4.74 Å². The molecule has 0 heterocycles. The molecule has 0 bridgehead atoms. The quantitative estimate of drug-likeness (QED) is 0.599. The summed E-state index contributed by atoms with van der Waals surface area (Å²) in [7, 11) is -2.50. The molecule has 0 aliphatic rings. The second kappa shape index (κ2) is 6.23. The molecule has 0 atom stereocenters. The van der Waals surface area contributed by atoms with Gasteiger partial charge in [-0.2, -0.15) is 0 Å². The van der Waals surface area contributed by atoms with Crippen LogP contribution in [0.2, 0.25) is 0 Å². The fraction of sp³-hybridized carbons (Fsp3) is 0.222. The highest BCUT2D eigenvalue weighted by molar-refractivity contribution is 9.11. The van der Waals surface area contributed by atoms with Gasteiger partial charge in [0.15, 0.2) is 0 Å². The molecule has 0 amide bonds. The van der Waals surface area contributed by atoms with Crippen molar-refractivity contribution in [2.45, 2.75) is 0 Å². The van der Waals surface area contributed by atoms with E-state index in [4.69, 9.17) is 11.6 Å². The third kappa shape index (κ3) is 3.84. The minimum absolute atomic E-state index is 0.0763. The maximum absolute atomic E-state index is 11.6. The molecule has 1 aromatic carbocycles. The van der Waals surface area contributed by atoms with Crippen molar-refractivity contribution in [1.29, 1.82) is 0 Å². The Labute approximate surface area is 126 Å². The van der Waals surface area contributed by atoms with Gasteiger partial charge in [-0.15, -0.1) is 11.6 Å². The number of carbonyl (C=O) groups is 1. The Morgan fingerprint density at radius 1 is 1.44 bits per heavy atom. The Bertz CT molecular complexity index is 576. The lowest BCUT2D eigenvalue weighted by atomic mass is 10.2. The molecule has 5 nitrogen and oxygen atoms in total. The van der Waals surface area contributed by atoms with E-state index in [1.165, 1.54) is 13.2 Å². The molecule has 0 saturated heterocycles. The SMILES string of the molecule is COC(=O)c1cc(Br)cc(Br)c1NS(=O)(=O)CCl. The zero-order valence-corrected chi connectivity index (χ0v) is 13.8. The molecule has 9 heteroatoms. The number of esters is 1. The first kappa shape index (κ1) is 15.7. The van der Waals surface area contributed by atoms with Gasteiger partial charge in [-0.3, -0.25) is 4.72 Å². The van der Waals surface area contributed by atoms with Crippen molar-refractivity contribution in [1.82, 2.24) is 0 Å². The minimum Gasteiger partial charge on any atom is -0.465 e. The third-order valence-corrected chi connectivity index (χ3v) is 4.61. The molecule has 0 saturated carbocycles. The van der Waals surface area contributed by atoms with Gasteiger partial charge in [0.25, 0.3) is 0 Å². The average Bonchev–Trinajstić information content (AvgIpc) is 2.31. The Hall–Kier alpha value is -0.310. The summed E-state index contributed by atoms with van der Waals surface area (Å²) in [5.74, 6) is -0.663. The Morgan fingerprint density at radius 2 is 2.06 bits per heavy atom. The van der Waals surface area contributed by atoms with E-state index in [0.29, 0.717) is 8.95 Å². The molecule has 1 aromatic rings. The Kier molecular flexibility index (Phi) is 5.45. The van der Waals surface area contributed by atoms with Crippen LogP contribution in [-0.4, -0.2) is 26.7 Å². The monoisotopic (exact) mass is 419 g/mol. The van der Waals surface area contributed by atoms with E-state index in [0.717, 1.165) is 0 Å². The van der Waals surface area contributed by atoms with Crippen molar-refractivity contribution in [2.75, 3.05) is 17.0 Å². The Morgan fingerprint density at radius 3 is 2.56 bits per heavy atom. The number of sulfonamides is 1. The van der Waals surface area contributed by atoms with Crippen molar-refractivity contribution < 1.29 is 17.9 Å². The second-order valence-corrected chi connectivity index (χ2v) is 7.20. The van der Waals surface area contributed by atoms with Crippen LogP contribution < -0.4 is 4.72 Å². The highest BCUT2D eigenvalue weighted by Gasteiger charge is 2.20. The van der Waals surface area contributed by atoms with E-state index in [9.17, 15) is 13.2 Å². The molecular weight excluding hydrogens is 413 g/mol. The molecule has 0 aromatic heterocycles. The number of rotatable bonds is 4. The van der Waals surface area contributed by atoms with Gasteiger partial charge >= 0.3 is 5.97 Å². The topological polar surface area (TPSA) is 72.5 Å². The summed E-state index contributed by atoms with van der Waals surface area (Å²) in [6.45, 7) is 0. The van der Waals surface area contributed by atoms with Crippen LogP contribution in [0, 0.1) is 0 Å². The van der Waals surface area contributed by atoms with Crippen LogP contribution in [0.4, 0.5) is 5.69 Å². The number of benzene rings is 1. The smallest absolute Gasteiger partial charge is 0.340 e. The highest BCUT2D eigenvalue weighted by atomic mass is 79.9. The van der Waals surface area contributed by atoms with E-state index in [-0.39, 0.29) is 11.3 Å². The van der Waals surface area contributed by atoms with Crippen LogP contribution in [0.5, 0.6) is 0 Å². The normalized spacial score (nSPS) is 11.1. The number of hydrogen-bond donors (Lipinski definition) is 1. The summed E-state index contributed by atoms with van der Waals surface area (Å²) in [6.07, 6.45) is 0. The van der Waals surface area contributed by atoms with Crippen molar-refractivity contribution in [3.63, 3.8) is 0 Å². The number of nitrogens with one attached hydrogen (secondary N) is 1. The summed E-state index contributed by atoms with van der Waals surface area (Å²) in [5.41, 5.74) is 0.165. The minimum atomic E-state index is -3.71. The lowest BCUT2D eigenvalue weighted by Gasteiger charge is -2.12. The van der Waals surface area contributed by atoms with Crippen molar-refractivity contribution in [3.8, 4) is 0 Å². The summed E-state index contributed by atoms with van der Waals surface area (Å²) in [4.78, 5) is 11.6. The standard InChI is InChI=1S/C9H8Br2ClNO4S/c1-17-9(14)6-2-5(10)3-7(11)8(6)13-18(15,16)4-12/h2-3,13H,4H2,1H3. The number of alkyl halides is 1. The number of carbonyl (C=O) groups excluding carboxylic acids is 1. The predicted octanol–water partition coefficient (Wildman–Crippen LogP) is 2.94. The number of anilines is 1. The molecule has 1 N–H and O–H groups in total. The molecule has 0 aliphatic heterocycles. The lowest BCUT2D eigenvalue weighted by Crippen LogP contribution is -2.17. The van der Waals surface area contributed by atoms with Gasteiger partial charge in [0, 0.05) is 8.95 Å². The van der Waals surface area contributed by atoms with Crippen LogP contribution in [-0.2, 0) is 14.8 Å². The largest absolute Gasteiger partial charge is 0.465 e. The molecule has 0 spiro atoms. The van der Waals surface area contributed by atoms with Gasteiger partial charge in [-0.1, -0.05) is 15.9 Å². The van der Waals surface area contributed by atoms with Crippen molar-refractivity contribution in [2.24, 2.45) is 0 Å². The fourth-order valence-corrected chi connectivity index (χ4v) is 3.34. The van der Waals surface area contributed by atoms with Crippen molar-refractivity contribution >= 4 is 65.1 Å². The molecule has 0 unspecified atom stereocenters. The first-order valence-corrected chi connectivity index (χ1v) is 8.22. The summed E-state index contributed by atoms with van der Waals surface area (Å²) < 4.78 is 30.7. The van der Waals surface area contributed by atoms with Crippen molar-refractivity contribution in [3.05, 3.63) is 26.6 Å². The van der Waals surface area contributed by atoms with E-state index in [2.05, 4.69) is 41.3 Å². The van der Waals surface area contributed by atoms with Gasteiger partial charge in [0.05, 0.1) is 18.4 Å². The second-order valence-electron chi connectivity index (χ2n) is 3.13. The lowest BCUT2D eigenvalue weighted by molar-refractivity contribution is 0.0602. The molecule has 100 valence electrons. The first-order valence-electron chi connectivity index (χ1n) is 4.44. The van der Waals surface area contributed by atoms with Crippen LogP contribution >= 0.6 is 43.5 Å². The Balaban J connectivity index is 3.37. The zero-order valence-electron chi connectivity index (χ0n) is 9.04. The molecule has 1 rings (SSSR count). The van der Waals surface area contributed by atoms with Crippen LogP contribution in [0.3, 0.4) is 0 Å². The van der Waals surface area contributed by atoms with Crippen LogP contribution in [0.25, 0.3) is 0 Å². The number of halogens is 3. The van der Waals surface area contributed by atoms with E-state index < -0.39 is 21.2 Å². The number of methoxy groups -OCH3 is 1. The molecule has 18 heavy (non-hydrogen) atoms. The van der Waals surface area contributed by atoms with Crippen LogP contribution in [0.1, 0.15) is 10.4 Å². The van der Waals surface area contributed by atoms with E-state index in [1.807, 2.05) is 0 Å². The maximum Gasteiger partial charge on any atom is 0.340 e. The van der Waals surface area contributed by atoms with E-state index in [1.54, 1.807) is 6.07 Å². The predicted molar refractivity (Wildman–Crippen MR) is 76.4 cm³/mol. The van der Waals surface area contributed by atoms with E-state index >= 15 is 0 Å². The third-order valence-electron chi connectivity index (χ3n) is 1.86. The summed E-state index contributed by atoms with van der Waals surface area (Å²) in [5, 5.41) is -0.615. The fourth-order valence-electron chi connectivity index (χ4n) is 1.13. The first-order chi connectivity index (χ1) is 8.30. The number of hydrogen-bond acceptors (Lipinski definition) is 4. The molecular formula is C9H8Br2ClNO4S. The molecule has 0 fully saturated rings. The van der Waals surface area contributed by atoms with Gasteiger partial charge in [0.1, 0.15) is 5.21 Å². The summed E-state index contributed by atoms with van der Waals surface area (Å²) >= 11 is 11.7. The average molecular weight is 421 g/mol. The molecule has 0 radical (unpaired) electrons. The number of ether oxygens (including phenoxy) is 1. The van der Waals surface area contributed by atoms with Gasteiger partial charge in [-0.05, 0) is 28.1 Å². The molecule has 0 aliphatic carbocycles. The zero-order chi connectivity index (χ0) is 13.9. The van der Waals surface area contributed by atoms with Gasteiger partial charge in [-0.25, -0.2) is 13.2 Å². The highest BCUT2D eigenvalue weighted by Crippen LogP contribution is 2.32.